The van der Waals surface area contributed by atoms with Gasteiger partial charge >= 0.3 is 0 Å². The molecule has 1 aliphatic carbocycles. The van der Waals surface area contributed by atoms with E-state index in [1.165, 1.54) is 25.7 Å². The van der Waals surface area contributed by atoms with Crippen LogP contribution in [0.15, 0.2) is 18.2 Å². The molecule has 0 aromatic heterocycles. The Kier molecular flexibility index (Phi) is 4.14. The minimum atomic E-state index is 0.550. The van der Waals surface area contributed by atoms with E-state index in [0.29, 0.717) is 16.6 Å². The Morgan fingerprint density at radius 3 is 2.56 bits per heavy atom. The van der Waals surface area contributed by atoms with Gasteiger partial charge in [-0.25, -0.2) is 0 Å². The van der Waals surface area contributed by atoms with Crippen LogP contribution in [-0.2, 0) is 0 Å². The number of halogens is 1. The molecule has 0 bridgehead atoms. The van der Waals surface area contributed by atoms with Gasteiger partial charge in [0, 0.05) is 18.1 Å². The normalized spacial score (nSPS) is 23.4. The molecule has 0 saturated heterocycles. The largest absolute Gasteiger partial charge is 0.371 e. The highest BCUT2D eigenvalue weighted by Gasteiger charge is 2.23. The molecule has 0 amide bonds. The number of nitriles is 1. The summed E-state index contributed by atoms with van der Waals surface area (Å²) in [6, 6.07) is 8.36. The topological polar surface area (TPSA) is 27.0 Å². The van der Waals surface area contributed by atoms with Crippen LogP contribution >= 0.6 is 11.6 Å². The molecule has 0 spiro atoms. The maximum Gasteiger partial charge on any atom is 0.101 e. The Labute approximate surface area is 114 Å². The van der Waals surface area contributed by atoms with Gasteiger partial charge in [0.05, 0.1) is 11.3 Å². The van der Waals surface area contributed by atoms with Crippen molar-refractivity contribution in [2.75, 3.05) is 11.9 Å². The molecule has 1 aromatic rings. The number of rotatable bonds is 2. The molecular weight excluding hydrogens is 244 g/mol. The minimum Gasteiger partial charge on any atom is -0.371 e. The summed E-state index contributed by atoms with van der Waals surface area (Å²) in [6.45, 7) is 2.32. The van der Waals surface area contributed by atoms with Crippen LogP contribution in [0.4, 0.5) is 5.69 Å². The van der Waals surface area contributed by atoms with Crippen LogP contribution in [0.1, 0.15) is 38.2 Å². The first kappa shape index (κ1) is 13.2. The third-order valence-electron chi connectivity index (χ3n) is 3.99. The molecule has 0 atom stereocenters. The predicted octanol–water partition coefficient (Wildman–Crippen LogP) is 4.23. The van der Waals surface area contributed by atoms with Gasteiger partial charge in [0.15, 0.2) is 0 Å². The van der Waals surface area contributed by atoms with Crippen LogP contribution < -0.4 is 4.90 Å². The molecule has 1 saturated carbocycles. The highest BCUT2D eigenvalue weighted by atomic mass is 35.5. The molecule has 18 heavy (non-hydrogen) atoms. The molecule has 0 unspecified atom stereocenters. The maximum atomic E-state index is 9.20. The van der Waals surface area contributed by atoms with Gasteiger partial charge in [-0.1, -0.05) is 18.5 Å². The van der Waals surface area contributed by atoms with E-state index < -0.39 is 0 Å². The zero-order valence-electron chi connectivity index (χ0n) is 11.0. The Morgan fingerprint density at radius 1 is 1.28 bits per heavy atom. The molecule has 2 nitrogen and oxygen atoms in total. The second-order valence-electron chi connectivity index (χ2n) is 5.30. The molecule has 2 rings (SSSR count). The first-order valence-corrected chi connectivity index (χ1v) is 6.92. The number of hydrogen-bond donors (Lipinski definition) is 0. The summed E-state index contributed by atoms with van der Waals surface area (Å²) < 4.78 is 0. The molecular formula is C15H19ClN2. The Balaban J connectivity index is 2.18. The lowest BCUT2D eigenvalue weighted by Gasteiger charge is -2.35. The fourth-order valence-corrected chi connectivity index (χ4v) is 2.90. The fraction of sp³-hybridized carbons (Fsp3) is 0.533. The average molecular weight is 263 g/mol. The molecule has 96 valence electrons. The van der Waals surface area contributed by atoms with Crippen LogP contribution in [0.25, 0.3) is 0 Å². The zero-order chi connectivity index (χ0) is 13.1. The van der Waals surface area contributed by atoms with Crippen molar-refractivity contribution in [3.8, 4) is 6.07 Å². The third-order valence-corrected chi connectivity index (χ3v) is 4.23. The summed E-state index contributed by atoms with van der Waals surface area (Å²) in [5.41, 5.74) is 1.67. The van der Waals surface area contributed by atoms with E-state index >= 15 is 0 Å². The first-order valence-electron chi connectivity index (χ1n) is 6.54. The van der Waals surface area contributed by atoms with Gasteiger partial charge in [0.2, 0.25) is 0 Å². The third kappa shape index (κ3) is 2.79. The van der Waals surface area contributed by atoms with Gasteiger partial charge in [-0.3, -0.25) is 0 Å². The maximum absolute atomic E-state index is 9.20. The van der Waals surface area contributed by atoms with Gasteiger partial charge in [-0.2, -0.15) is 5.26 Å². The summed E-state index contributed by atoms with van der Waals surface area (Å²) in [6.07, 6.45) is 4.99. The molecule has 1 aromatic carbocycles. The monoisotopic (exact) mass is 262 g/mol. The minimum absolute atomic E-state index is 0.550. The zero-order valence-corrected chi connectivity index (χ0v) is 11.7. The summed E-state index contributed by atoms with van der Waals surface area (Å²) in [4.78, 5) is 2.25. The fourth-order valence-electron chi connectivity index (χ4n) is 2.73. The van der Waals surface area contributed by atoms with E-state index in [-0.39, 0.29) is 0 Å². The van der Waals surface area contributed by atoms with E-state index in [1.54, 1.807) is 6.07 Å². The Bertz CT molecular complexity index is 456. The molecule has 1 fully saturated rings. The average Bonchev–Trinajstić information content (AvgIpc) is 2.38. The van der Waals surface area contributed by atoms with E-state index in [0.717, 1.165) is 11.6 Å². The van der Waals surface area contributed by atoms with Crippen LogP contribution in [0.3, 0.4) is 0 Å². The van der Waals surface area contributed by atoms with Crippen molar-refractivity contribution in [2.24, 2.45) is 5.92 Å². The van der Waals surface area contributed by atoms with Gasteiger partial charge in [-0.05, 0) is 49.8 Å². The van der Waals surface area contributed by atoms with Crippen molar-refractivity contribution in [3.63, 3.8) is 0 Å². The SMILES string of the molecule is CC1CCC(N(C)c2ccc(Cl)cc2C#N)CC1. The van der Waals surface area contributed by atoms with Gasteiger partial charge in [-0.15, -0.1) is 0 Å². The Morgan fingerprint density at radius 2 is 1.94 bits per heavy atom. The number of nitrogens with zero attached hydrogens (tertiary/aromatic N) is 2. The molecule has 0 radical (unpaired) electrons. The molecule has 0 N–H and O–H groups in total. The van der Waals surface area contributed by atoms with E-state index in [9.17, 15) is 5.26 Å². The summed E-state index contributed by atoms with van der Waals surface area (Å²) >= 11 is 5.94. The van der Waals surface area contributed by atoms with Crippen LogP contribution in [0.2, 0.25) is 5.02 Å². The van der Waals surface area contributed by atoms with Gasteiger partial charge < -0.3 is 4.90 Å². The number of hydrogen-bond acceptors (Lipinski definition) is 2. The standard InChI is InChI=1S/C15H19ClN2/c1-11-3-6-14(7-4-11)18(2)15-8-5-13(16)9-12(15)10-17/h5,8-9,11,14H,3-4,6-7H2,1-2H3. The summed E-state index contributed by atoms with van der Waals surface area (Å²) in [5, 5.41) is 9.82. The molecule has 1 aliphatic rings. The van der Waals surface area contributed by atoms with Crippen molar-refractivity contribution < 1.29 is 0 Å². The van der Waals surface area contributed by atoms with Crippen molar-refractivity contribution >= 4 is 17.3 Å². The molecule has 0 aliphatic heterocycles. The van der Waals surface area contributed by atoms with Crippen LogP contribution in [-0.4, -0.2) is 13.1 Å². The van der Waals surface area contributed by atoms with Crippen molar-refractivity contribution in [1.29, 1.82) is 5.26 Å². The lowest BCUT2D eigenvalue weighted by molar-refractivity contribution is 0.340. The molecule has 0 heterocycles. The lowest BCUT2D eigenvalue weighted by Crippen LogP contribution is -2.35. The highest BCUT2D eigenvalue weighted by molar-refractivity contribution is 6.30. The molecule has 3 heteroatoms. The van der Waals surface area contributed by atoms with E-state index in [4.69, 9.17) is 11.6 Å². The highest BCUT2D eigenvalue weighted by Crippen LogP contribution is 2.31. The smallest absolute Gasteiger partial charge is 0.101 e. The van der Waals surface area contributed by atoms with Gasteiger partial charge in [0.25, 0.3) is 0 Å². The van der Waals surface area contributed by atoms with E-state index in [1.807, 2.05) is 12.1 Å². The summed E-state index contributed by atoms with van der Waals surface area (Å²) in [7, 11) is 2.09. The van der Waals surface area contributed by atoms with Gasteiger partial charge in [0.1, 0.15) is 6.07 Å². The summed E-state index contributed by atoms with van der Waals surface area (Å²) in [5.74, 6) is 0.843. The van der Waals surface area contributed by atoms with E-state index in [2.05, 4.69) is 24.9 Å². The predicted molar refractivity (Wildman–Crippen MR) is 76.0 cm³/mol. The first-order chi connectivity index (χ1) is 8.61. The van der Waals surface area contributed by atoms with Crippen molar-refractivity contribution in [2.45, 2.75) is 38.6 Å². The van der Waals surface area contributed by atoms with Crippen molar-refractivity contribution in [3.05, 3.63) is 28.8 Å². The van der Waals surface area contributed by atoms with Crippen molar-refractivity contribution in [1.82, 2.24) is 0 Å². The second-order valence-corrected chi connectivity index (χ2v) is 5.73. The lowest BCUT2D eigenvalue weighted by atomic mass is 9.86. The number of benzene rings is 1. The number of anilines is 1. The van der Waals surface area contributed by atoms with Crippen LogP contribution in [0, 0.1) is 17.2 Å². The quantitative estimate of drug-likeness (QED) is 0.798. The second kappa shape index (κ2) is 5.63. The Hall–Kier alpha value is -1.20. The van der Waals surface area contributed by atoms with Crippen LogP contribution in [0.5, 0.6) is 0 Å².